The Bertz CT molecular complexity index is 1300. The number of carbonyl (C=O) groups is 1. The highest BCUT2D eigenvalue weighted by Gasteiger charge is 2.22. The van der Waals surface area contributed by atoms with Gasteiger partial charge in [0.05, 0.1) is 29.7 Å². The van der Waals surface area contributed by atoms with E-state index in [0.29, 0.717) is 10.0 Å². The average molecular weight is 471 g/mol. The van der Waals surface area contributed by atoms with E-state index in [0.717, 1.165) is 27.6 Å². The van der Waals surface area contributed by atoms with E-state index in [9.17, 15) is 13.2 Å². The number of aromatic nitrogens is 3. The number of thiazole rings is 1. The van der Waals surface area contributed by atoms with Gasteiger partial charge in [-0.2, -0.15) is 5.10 Å². The van der Waals surface area contributed by atoms with Gasteiger partial charge in [0.15, 0.2) is 8.55 Å². The monoisotopic (exact) mass is 470 g/mol. The molecule has 0 aliphatic heterocycles. The lowest BCUT2D eigenvalue weighted by Crippen LogP contribution is -2.31. The minimum absolute atomic E-state index is 0.00738. The summed E-state index contributed by atoms with van der Waals surface area (Å²) in [5.41, 5.74) is 2.13. The third-order valence-electron chi connectivity index (χ3n) is 4.17. The van der Waals surface area contributed by atoms with E-state index in [4.69, 9.17) is 0 Å². The summed E-state index contributed by atoms with van der Waals surface area (Å²) in [7, 11) is -4.01. The number of nitrogens with zero attached hydrogens (tertiary/aromatic N) is 3. The average Bonchev–Trinajstić information content (AvgIpc) is 3.36. The predicted molar refractivity (Wildman–Crippen MR) is 120 cm³/mol. The minimum atomic E-state index is -4.01. The molecule has 0 saturated carbocycles. The van der Waals surface area contributed by atoms with Gasteiger partial charge in [-0.1, -0.05) is 59.5 Å². The van der Waals surface area contributed by atoms with Crippen LogP contribution < -0.4 is 4.72 Å². The second kappa shape index (κ2) is 9.04. The fourth-order valence-electron chi connectivity index (χ4n) is 2.88. The molecule has 1 N–H and O–H groups in total. The first kappa shape index (κ1) is 21.3. The number of nitrogens with one attached hydrogen (secondary N) is 1. The first-order valence-electron chi connectivity index (χ1n) is 9.26. The number of benzene rings is 2. The Hall–Kier alpha value is -2.95. The maximum absolute atomic E-state index is 12.7. The number of amides is 1. The molecule has 0 saturated heterocycles. The number of sulfonamides is 1. The molecule has 0 aliphatic rings. The predicted octanol–water partition coefficient (Wildman–Crippen LogP) is 3.84. The zero-order valence-corrected chi connectivity index (χ0v) is 18.9. The summed E-state index contributed by atoms with van der Waals surface area (Å²) in [6, 6.07) is 20.7. The molecule has 2 aromatic heterocycles. The molecular formula is C21H18N4O3S3. The lowest BCUT2D eigenvalue weighted by molar-refractivity contribution is -0.118. The van der Waals surface area contributed by atoms with Crippen molar-refractivity contribution in [3.05, 3.63) is 84.3 Å². The first-order chi connectivity index (χ1) is 14.9. The maximum atomic E-state index is 12.7. The van der Waals surface area contributed by atoms with Gasteiger partial charge < -0.3 is 0 Å². The number of hydrogen-bond donors (Lipinski definition) is 1. The molecular weight excluding hydrogens is 452 g/mol. The quantitative estimate of drug-likeness (QED) is 0.441. The maximum Gasteiger partial charge on any atom is 0.275 e. The van der Waals surface area contributed by atoms with Crippen LogP contribution >= 0.6 is 23.1 Å². The lowest BCUT2D eigenvalue weighted by Gasteiger charge is -2.08. The molecule has 0 atom stereocenters. The van der Waals surface area contributed by atoms with Crippen molar-refractivity contribution < 1.29 is 13.2 Å². The van der Waals surface area contributed by atoms with Gasteiger partial charge in [0.2, 0.25) is 5.91 Å². The highest BCUT2D eigenvalue weighted by molar-refractivity contribution is 8.01. The zero-order valence-electron chi connectivity index (χ0n) is 16.4. The zero-order chi connectivity index (χ0) is 21.8. The Morgan fingerprint density at radius 2 is 1.77 bits per heavy atom. The Morgan fingerprint density at radius 1 is 1.10 bits per heavy atom. The molecule has 0 spiro atoms. The second-order valence-electron chi connectivity index (χ2n) is 6.59. The molecule has 10 heteroatoms. The Labute approximate surface area is 188 Å². The summed E-state index contributed by atoms with van der Waals surface area (Å²) in [6.45, 7) is 1.82. The van der Waals surface area contributed by atoms with Crippen LogP contribution in [0.5, 0.6) is 0 Å². The molecule has 2 heterocycles. The van der Waals surface area contributed by atoms with Crippen molar-refractivity contribution in [3.8, 4) is 5.69 Å². The van der Waals surface area contributed by atoms with E-state index in [1.807, 2.05) is 67.6 Å². The number of carbonyl (C=O) groups excluding carboxylic acids is 1. The fourth-order valence-corrected chi connectivity index (χ4v) is 6.21. The van der Waals surface area contributed by atoms with Crippen LogP contribution in [0.1, 0.15) is 11.4 Å². The summed E-state index contributed by atoms with van der Waals surface area (Å²) in [4.78, 5) is 17.7. The van der Waals surface area contributed by atoms with Crippen LogP contribution in [0.2, 0.25) is 0 Å². The molecule has 4 rings (SSSR count). The highest BCUT2D eigenvalue weighted by atomic mass is 32.3. The highest BCUT2D eigenvalue weighted by Crippen LogP contribution is 2.32. The van der Waals surface area contributed by atoms with Crippen LogP contribution in [0.15, 0.2) is 86.4 Å². The van der Waals surface area contributed by atoms with E-state index in [2.05, 4.69) is 14.8 Å². The molecule has 0 radical (unpaired) electrons. The van der Waals surface area contributed by atoms with Crippen LogP contribution in [0.25, 0.3) is 5.69 Å². The van der Waals surface area contributed by atoms with Gasteiger partial charge in [-0.25, -0.2) is 22.8 Å². The third-order valence-corrected chi connectivity index (χ3v) is 8.09. The topological polar surface area (TPSA) is 94.0 Å². The van der Waals surface area contributed by atoms with Crippen LogP contribution in [0.3, 0.4) is 0 Å². The van der Waals surface area contributed by atoms with Gasteiger partial charge in [0, 0.05) is 4.90 Å². The molecule has 1 amide bonds. The number of para-hydroxylation sites is 1. The van der Waals surface area contributed by atoms with Crippen LogP contribution in [0, 0.1) is 6.92 Å². The molecule has 0 unspecified atom stereocenters. The SMILES string of the molecule is Cc1cc(CC(=O)NS(=O)(=O)c2cnc(Sc3ccccc3)s2)n(-c2ccccc2)n1. The minimum Gasteiger partial charge on any atom is -0.274 e. The van der Waals surface area contributed by atoms with Crippen LogP contribution in [-0.2, 0) is 21.2 Å². The Kier molecular flexibility index (Phi) is 6.21. The van der Waals surface area contributed by atoms with E-state index < -0.39 is 15.9 Å². The van der Waals surface area contributed by atoms with Crippen molar-refractivity contribution in [1.29, 1.82) is 0 Å². The molecule has 2 aromatic carbocycles. The largest absolute Gasteiger partial charge is 0.275 e. The van der Waals surface area contributed by atoms with Crippen molar-refractivity contribution in [2.45, 2.75) is 26.8 Å². The van der Waals surface area contributed by atoms with Gasteiger partial charge in [-0.05, 0) is 37.3 Å². The molecule has 0 bridgehead atoms. The summed E-state index contributed by atoms with van der Waals surface area (Å²) < 4.78 is 29.7. The molecule has 7 nitrogen and oxygen atoms in total. The number of rotatable bonds is 7. The Morgan fingerprint density at radius 3 is 2.48 bits per heavy atom. The summed E-state index contributed by atoms with van der Waals surface area (Å²) in [6.07, 6.45) is 1.14. The van der Waals surface area contributed by atoms with Crippen LogP contribution in [0.4, 0.5) is 0 Å². The van der Waals surface area contributed by atoms with Crippen molar-refractivity contribution >= 4 is 39.0 Å². The standard InChI is InChI=1S/C21H18N4O3S3/c1-15-12-17(25(23-15)16-8-4-2-5-9-16)13-19(26)24-31(27,28)20-14-22-21(30-20)29-18-10-6-3-7-11-18/h2-12,14H,13H2,1H3,(H,24,26). The van der Waals surface area contributed by atoms with Crippen molar-refractivity contribution in [1.82, 2.24) is 19.5 Å². The molecule has 0 fully saturated rings. The van der Waals surface area contributed by atoms with Gasteiger partial charge in [0.25, 0.3) is 10.0 Å². The van der Waals surface area contributed by atoms with E-state index in [1.54, 1.807) is 10.7 Å². The second-order valence-corrected chi connectivity index (χ2v) is 10.9. The third kappa shape index (κ3) is 5.22. The van der Waals surface area contributed by atoms with Gasteiger partial charge >= 0.3 is 0 Å². The Balaban J connectivity index is 1.47. The smallest absolute Gasteiger partial charge is 0.274 e. The van der Waals surface area contributed by atoms with Gasteiger partial charge in [0.1, 0.15) is 0 Å². The number of hydrogen-bond acceptors (Lipinski definition) is 7. The van der Waals surface area contributed by atoms with E-state index in [-0.39, 0.29) is 10.6 Å². The lowest BCUT2D eigenvalue weighted by atomic mass is 10.2. The molecule has 158 valence electrons. The first-order valence-corrected chi connectivity index (χ1v) is 12.4. The summed E-state index contributed by atoms with van der Waals surface area (Å²) in [5, 5.41) is 4.41. The van der Waals surface area contributed by atoms with Crippen molar-refractivity contribution in [2.24, 2.45) is 0 Å². The normalized spacial score (nSPS) is 11.4. The summed E-state index contributed by atoms with van der Waals surface area (Å²) in [5.74, 6) is -0.636. The fraction of sp³-hybridized carbons (Fsp3) is 0.0952. The molecule has 31 heavy (non-hydrogen) atoms. The number of aryl methyl sites for hydroxylation is 1. The van der Waals surface area contributed by atoms with E-state index >= 15 is 0 Å². The van der Waals surface area contributed by atoms with Crippen molar-refractivity contribution in [3.63, 3.8) is 0 Å². The van der Waals surface area contributed by atoms with Gasteiger partial charge in [-0.15, -0.1) is 0 Å². The summed E-state index contributed by atoms with van der Waals surface area (Å²) >= 11 is 2.39. The van der Waals surface area contributed by atoms with Crippen LogP contribution in [-0.4, -0.2) is 29.1 Å². The molecule has 4 aromatic rings. The van der Waals surface area contributed by atoms with E-state index in [1.165, 1.54) is 18.0 Å². The van der Waals surface area contributed by atoms with Gasteiger partial charge in [-0.3, -0.25) is 4.79 Å². The van der Waals surface area contributed by atoms with Crippen molar-refractivity contribution in [2.75, 3.05) is 0 Å². The molecule has 0 aliphatic carbocycles.